The minimum atomic E-state index is -0.283. The van der Waals surface area contributed by atoms with E-state index in [2.05, 4.69) is 5.32 Å². The second-order valence-corrected chi connectivity index (χ2v) is 5.69. The second kappa shape index (κ2) is 6.84. The van der Waals surface area contributed by atoms with Gasteiger partial charge in [-0.3, -0.25) is 4.79 Å². The Bertz CT molecular complexity index is 464. The van der Waals surface area contributed by atoms with Crippen molar-refractivity contribution in [3.8, 4) is 0 Å². The van der Waals surface area contributed by atoms with E-state index >= 15 is 0 Å². The lowest BCUT2D eigenvalue weighted by Crippen LogP contribution is -2.42. The van der Waals surface area contributed by atoms with Gasteiger partial charge in [-0.25, -0.2) is 4.39 Å². The van der Waals surface area contributed by atoms with Gasteiger partial charge in [-0.1, -0.05) is 31.4 Å². The van der Waals surface area contributed by atoms with Crippen LogP contribution >= 0.6 is 0 Å². The molecule has 0 heterocycles. The summed E-state index contributed by atoms with van der Waals surface area (Å²) < 4.78 is 13.2. The lowest BCUT2D eigenvalue weighted by atomic mass is 9.94. The zero-order valence-corrected chi connectivity index (χ0v) is 11.9. The smallest absolute Gasteiger partial charge is 0.225 e. The average Bonchev–Trinajstić information content (AvgIpc) is 2.63. The Hall–Kier alpha value is -1.42. The van der Waals surface area contributed by atoms with Gasteiger partial charge in [-0.05, 0) is 37.5 Å². The largest absolute Gasteiger partial charge is 0.349 e. The normalized spacial score (nSPS) is 24.8. The van der Waals surface area contributed by atoms with Gasteiger partial charge in [0, 0.05) is 6.04 Å². The molecule has 3 N–H and O–H groups in total. The quantitative estimate of drug-likeness (QED) is 0.835. The fraction of sp³-hybridized carbons (Fsp3) is 0.562. The molecule has 1 aliphatic rings. The van der Waals surface area contributed by atoms with Crippen LogP contribution in [0.15, 0.2) is 24.3 Å². The Morgan fingerprint density at radius 3 is 2.85 bits per heavy atom. The number of amides is 1. The summed E-state index contributed by atoms with van der Waals surface area (Å²) in [4.78, 5) is 12.3. The number of carbonyl (C=O) groups excluding carboxylic acids is 1. The Morgan fingerprint density at radius 2 is 2.10 bits per heavy atom. The SMILES string of the molecule is CC(NC(=O)C1CCCCCC1N)c1cccc(F)c1. The van der Waals surface area contributed by atoms with Crippen molar-refractivity contribution in [2.75, 3.05) is 0 Å². The van der Waals surface area contributed by atoms with E-state index in [-0.39, 0.29) is 29.7 Å². The van der Waals surface area contributed by atoms with Crippen LogP contribution in [0.2, 0.25) is 0 Å². The molecule has 3 atom stereocenters. The zero-order valence-electron chi connectivity index (χ0n) is 11.9. The molecule has 3 nitrogen and oxygen atoms in total. The molecule has 1 aromatic carbocycles. The van der Waals surface area contributed by atoms with Gasteiger partial charge < -0.3 is 11.1 Å². The lowest BCUT2D eigenvalue weighted by Gasteiger charge is -2.23. The maximum Gasteiger partial charge on any atom is 0.225 e. The van der Waals surface area contributed by atoms with E-state index in [1.54, 1.807) is 6.07 Å². The first-order valence-electron chi connectivity index (χ1n) is 7.39. The number of nitrogens with one attached hydrogen (secondary N) is 1. The molecule has 1 saturated carbocycles. The highest BCUT2D eigenvalue weighted by Crippen LogP contribution is 2.23. The molecule has 0 aliphatic heterocycles. The second-order valence-electron chi connectivity index (χ2n) is 5.69. The van der Waals surface area contributed by atoms with Crippen LogP contribution in [-0.4, -0.2) is 11.9 Å². The molecule has 4 heteroatoms. The monoisotopic (exact) mass is 278 g/mol. The van der Waals surface area contributed by atoms with Crippen molar-refractivity contribution in [3.63, 3.8) is 0 Å². The molecule has 20 heavy (non-hydrogen) atoms. The van der Waals surface area contributed by atoms with Crippen LogP contribution in [-0.2, 0) is 4.79 Å². The number of rotatable bonds is 3. The van der Waals surface area contributed by atoms with Crippen LogP contribution in [0.25, 0.3) is 0 Å². The van der Waals surface area contributed by atoms with Gasteiger partial charge in [0.25, 0.3) is 0 Å². The Labute approximate surface area is 119 Å². The van der Waals surface area contributed by atoms with Crippen molar-refractivity contribution in [2.45, 2.75) is 51.1 Å². The molecule has 0 radical (unpaired) electrons. The summed E-state index contributed by atoms with van der Waals surface area (Å²) in [6.07, 6.45) is 5.07. The maximum atomic E-state index is 13.2. The molecule has 1 aromatic rings. The lowest BCUT2D eigenvalue weighted by molar-refractivity contribution is -0.126. The molecule has 110 valence electrons. The Balaban J connectivity index is 1.99. The van der Waals surface area contributed by atoms with Gasteiger partial charge >= 0.3 is 0 Å². The molecule has 0 aromatic heterocycles. The van der Waals surface area contributed by atoms with Crippen LogP contribution in [0, 0.1) is 11.7 Å². The van der Waals surface area contributed by atoms with E-state index < -0.39 is 0 Å². The Kier molecular flexibility index (Phi) is 5.12. The summed E-state index contributed by atoms with van der Waals surface area (Å²) in [6, 6.07) is 6.08. The topological polar surface area (TPSA) is 55.1 Å². The van der Waals surface area contributed by atoms with E-state index in [1.165, 1.54) is 12.1 Å². The van der Waals surface area contributed by atoms with Crippen LogP contribution in [0.3, 0.4) is 0 Å². The molecular weight excluding hydrogens is 255 g/mol. The van der Waals surface area contributed by atoms with Crippen LogP contribution in [0.5, 0.6) is 0 Å². The molecule has 2 rings (SSSR count). The summed E-state index contributed by atoms with van der Waals surface area (Å²) in [7, 11) is 0. The van der Waals surface area contributed by atoms with E-state index in [0.29, 0.717) is 0 Å². The van der Waals surface area contributed by atoms with E-state index in [4.69, 9.17) is 5.73 Å². The highest BCUT2D eigenvalue weighted by atomic mass is 19.1. The molecule has 0 saturated heterocycles. The van der Waals surface area contributed by atoms with E-state index in [1.807, 2.05) is 13.0 Å². The first-order chi connectivity index (χ1) is 9.58. The van der Waals surface area contributed by atoms with Gasteiger partial charge in [0.2, 0.25) is 5.91 Å². The van der Waals surface area contributed by atoms with Crippen molar-refractivity contribution >= 4 is 5.91 Å². The Morgan fingerprint density at radius 1 is 1.35 bits per heavy atom. The fourth-order valence-electron chi connectivity index (χ4n) is 2.84. The highest BCUT2D eigenvalue weighted by Gasteiger charge is 2.27. The standard InChI is InChI=1S/C16H23FN2O/c1-11(12-6-5-7-13(17)10-12)19-16(20)14-8-3-2-4-9-15(14)18/h5-7,10-11,14-15H,2-4,8-9,18H2,1H3,(H,19,20). The number of nitrogens with two attached hydrogens (primary N) is 1. The van der Waals surface area contributed by atoms with Gasteiger partial charge in [0.1, 0.15) is 5.82 Å². The molecule has 1 fully saturated rings. The third-order valence-electron chi connectivity index (χ3n) is 4.11. The predicted molar refractivity (Wildman–Crippen MR) is 77.5 cm³/mol. The van der Waals surface area contributed by atoms with Gasteiger partial charge in [-0.15, -0.1) is 0 Å². The van der Waals surface area contributed by atoms with Crippen molar-refractivity contribution in [2.24, 2.45) is 11.7 Å². The molecular formula is C16H23FN2O. The molecule has 0 bridgehead atoms. The van der Waals surface area contributed by atoms with Gasteiger partial charge in [0.05, 0.1) is 12.0 Å². The number of benzene rings is 1. The third-order valence-corrected chi connectivity index (χ3v) is 4.11. The number of halogens is 1. The molecule has 1 aliphatic carbocycles. The van der Waals surface area contributed by atoms with Crippen molar-refractivity contribution in [1.29, 1.82) is 0 Å². The van der Waals surface area contributed by atoms with Crippen molar-refractivity contribution < 1.29 is 9.18 Å². The highest BCUT2D eigenvalue weighted by molar-refractivity contribution is 5.79. The summed E-state index contributed by atoms with van der Waals surface area (Å²) in [5.41, 5.74) is 6.88. The van der Waals surface area contributed by atoms with Gasteiger partial charge in [0.15, 0.2) is 0 Å². The average molecular weight is 278 g/mol. The summed E-state index contributed by atoms with van der Waals surface area (Å²) >= 11 is 0. The maximum absolute atomic E-state index is 13.2. The fourth-order valence-corrected chi connectivity index (χ4v) is 2.84. The van der Waals surface area contributed by atoms with Crippen LogP contribution < -0.4 is 11.1 Å². The minimum Gasteiger partial charge on any atom is -0.349 e. The molecule has 1 amide bonds. The van der Waals surface area contributed by atoms with Crippen molar-refractivity contribution in [3.05, 3.63) is 35.6 Å². The first kappa shape index (κ1) is 15.0. The minimum absolute atomic E-state index is 0.00355. The zero-order chi connectivity index (χ0) is 14.5. The number of carbonyl (C=O) groups is 1. The molecule has 3 unspecified atom stereocenters. The van der Waals surface area contributed by atoms with E-state index in [9.17, 15) is 9.18 Å². The van der Waals surface area contributed by atoms with Crippen molar-refractivity contribution in [1.82, 2.24) is 5.32 Å². The van der Waals surface area contributed by atoms with Crippen LogP contribution in [0.4, 0.5) is 4.39 Å². The third kappa shape index (κ3) is 3.79. The summed E-state index contributed by atoms with van der Waals surface area (Å²) in [5.74, 6) is -0.403. The number of hydrogen-bond acceptors (Lipinski definition) is 2. The van der Waals surface area contributed by atoms with Crippen LogP contribution in [0.1, 0.15) is 50.6 Å². The summed E-state index contributed by atoms with van der Waals surface area (Å²) in [6.45, 7) is 1.87. The first-order valence-corrected chi connectivity index (χ1v) is 7.39. The molecule has 0 spiro atoms. The van der Waals surface area contributed by atoms with E-state index in [0.717, 1.165) is 37.7 Å². The van der Waals surface area contributed by atoms with Gasteiger partial charge in [-0.2, -0.15) is 0 Å². The summed E-state index contributed by atoms with van der Waals surface area (Å²) in [5, 5.41) is 2.97. The predicted octanol–water partition coefficient (Wildman–Crippen LogP) is 2.91. The number of hydrogen-bond donors (Lipinski definition) is 2.